The van der Waals surface area contributed by atoms with Gasteiger partial charge in [0.05, 0.1) is 13.2 Å². The molecule has 0 saturated carbocycles. The van der Waals surface area contributed by atoms with Gasteiger partial charge in [0.2, 0.25) is 0 Å². The zero-order valence-corrected chi connectivity index (χ0v) is 12.8. The molecule has 0 radical (unpaired) electrons. The van der Waals surface area contributed by atoms with Gasteiger partial charge in [-0.3, -0.25) is 0 Å². The highest BCUT2D eigenvalue weighted by Gasteiger charge is 2.14. The van der Waals surface area contributed by atoms with Crippen LogP contribution in [-0.2, 0) is 6.54 Å². The molecule has 0 atom stereocenters. The number of para-hydroxylation sites is 1. The highest BCUT2D eigenvalue weighted by molar-refractivity contribution is 5.46. The van der Waals surface area contributed by atoms with Crippen molar-refractivity contribution in [3.05, 3.63) is 23.8 Å². The van der Waals surface area contributed by atoms with Crippen LogP contribution in [0.4, 0.5) is 0 Å². The molecule has 4 heteroatoms. The Hall–Kier alpha value is -1.26. The summed E-state index contributed by atoms with van der Waals surface area (Å²) in [6.45, 7) is 8.73. The summed E-state index contributed by atoms with van der Waals surface area (Å²) in [5.41, 5.74) is 1.18. The van der Waals surface area contributed by atoms with Gasteiger partial charge in [0.15, 0.2) is 11.5 Å². The maximum absolute atomic E-state index is 5.82. The van der Waals surface area contributed by atoms with Crippen LogP contribution < -0.4 is 14.8 Å². The highest BCUT2D eigenvalue weighted by atomic mass is 16.5. The monoisotopic (exact) mass is 278 g/mol. The van der Waals surface area contributed by atoms with E-state index in [0.717, 1.165) is 50.8 Å². The van der Waals surface area contributed by atoms with Crippen LogP contribution in [0, 0.1) is 0 Å². The Morgan fingerprint density at radius 1 is 1.25 bits per heavy atom. The van der Waals surface area contributed by atoms with Crippen LogP contribution in [-0.4, -0.2) is 44.3 Å². The van der Waals surface area contributed by atoms with Crippen molar-refractivity contribution in [1.82, 2.24) is 10.2 Å². The zero-order valence-electron chi connectivity index (χ0n) is 12.8. The molecule has 0 spiro atoms. The first-order valence-electron chi connectivity index (χ1n) is 7.47. The molecular weight excluding hydrogens is 252 g/mol. The first-order chi connectivity index (χ1) is 9.68. The Bertz CT molecular complexity index is 421. The van der Waals surface area contributed by atoms with E-state index in [-0.39, 0.29) is 0 Å². The number of nitrogens with one attached hydrogen (secondary N) is 1. The van der Waals surface area contributed by atoms with Gasteiger partial charge in [0.25, 0.3) is 0 Å². The highest BCUT2D eigenvalue weighted by Crippen LogP contribution is 2.32. The van der Waals surface area contributed by atoms with Crippen molar-refractivity contribution in [1.29, 1.82) is 0 Å². The largest absolute Gasteiger partial charge is 0.490 e. The molecule has 1 N–H and O–H groups in total. The fourth-order valence-corrected chi connectivity index (χ4v) is 2.13. The molecule has 1 aliphatic heterocycles. The van der Waals surface area contributed by atoms with Gasteiger partial charge in [0.1, 0.15) is 0 Å². The second-order valence-corrected chi connectivity index (χ2v) is 5.55. The van der Waals surface area contributed by atoms with E-state index in [1.807, 2.05) is 12.1 Å². The van der Waals surface area contributed by atoms with E-state index in [1.54, 1.807) is 0 Å². The van der Waals surface area contributed by atoms with Gasteiger partial charge in [0, 0.05) is 37.7 Å². The van der Waals surface area contributed by atoms with Crippen molar-refractivity contribution in [2.45, 2.75) is 32.9 Å². The number of fused-ring (bicyclic) bond motifs is 1. The van der Waals surface area contributed by atoms with Gasteiger partial charge in [-0.25, -0.2) is 0 Å². The molecule has 0 aliphatic carbocycles. The lowest BCUT2D eigenvalue weighted by Crippen LogP contribution is -2.33. The predicted molar refractivity (Wildman–Crippen MR) is 81.5 cm³/mol. The van der Waals surface area contributed by atoms with Crippen molar-refractivity contribution < 1.29 is 9.47 Å². The molecule has 0 amide bonds. The van der Waals surface area contributed by atoms with Crippen molar-refractivity contribution in [3.8, 4) is 11.5 Å². The molecular formula is C16H26N2O2. The van der Waals surface area contributed by atoms with Crippen LogP contribution >= 0.6 is 0 Å². The van der Waals surface area contributed by atoms with E-state index in [1.165, 1.54) is 5.56 Å². The van der Waals surface area contributed by atoms with Crippen LogP contribution in [0.2, 0.25) is 0 Å². The molecule has 0 aromatic heterocycles. The number of benzene rings is 1. The van der Waals surface area contributed by atoms with Crippen molar-refractivity contribution in [3.63, 3.8) is 0 Å². The second-order valence-electron chi connectivity index (χ2n) is 5.55. The molecule has 0 saturated heterocycles. The lowest BCUT2D eigenvalue weighted by molar-refractivity contribution is 0.272. The van der Waals surface area contributed by atoms with Crippen LogP contribution in [0.25, 0.3) is 0 Å². The number of hydrogen-bond acceptors (Lipinski definition) is 4. The van der Waals surface area contributed by atoms with Gasteiger partial charge in [-0.1, -0.05) is 12.1 Å². The Labute approximate surface area is 122 Å². The smallest absolute Gasteiger partial charge is 0.165 e. The lowest BCUT2D eigenvalue weighted by atomic mass is 10.2. The summed E-state index contributed by atoms with van der Waals surface area (Å²) in [7, 11) is 2.15. The average Bonchev–Trinajstić information content (AvgIpc) is 2.68. The van der Waals surface area contributed by atoms with Crippen molar-refractivity contribution >= 4 is 0 Å². The van der Waals surface area contributed by atoms with Crippen molar-refractivity contribution in [2.75, 3.05) is 33.4 Å². The number of likely N-dealkylation sites (N-methyl/N-ethyl adjacent to an activating group) is 1. The minimum Gasteiger partial charge on any atom is -0.490 e. The SMILES string of the molecule is CC(C)N(C)CCNCc1cccc2c1OCCCO2. The summed E-state index contributed by atoms with van der Waals surface area (Å²) in [5.74, 6) is 1.79. The van der Waals surface area contributed by atoms with Gasteiger partial charge in [-0.2, -0.15) is 0 Å². The summed E-state index contributed by atoms with van der Waals surface area (Å²) in [4.78, 5) is 2.33. The van der Waals surface area contributed by atoms with E-state index >= 15 is 0 Å². The van der Waals surface area contributed by atoms with E-state index in [0.29, 0.717) is 6.04 Å². The van der Waals surface area contributed by atoms with Gasteiger partial charge < -0.3 is 19.7 Å². The summed E-state index contributed by atoms with van der Waals surface area (Å²) >= 11 is 0. The maximum atomic E-state index is 5.82. The molecule has 1 aromatic carbocycles. The third-order valence-electron chi connectivity index (χ3n) is 3.69. The Morgan fingerprint density at radius 2 is 2.05 bits per heavy atom. The molecule has 2 rings (SSSR count). The quantitative estimate of drug-likeness (QED) is 0.810. The molecule has 1 heterocycles. The molecule has 20 heavy (non-hydrogen) atoms. The molecule has 1 aromatic rings. The lowest BCUT2D eigenvalue weighted by Gasteiger charge is -2.21. The average molecular weight is 278 g/mol. The van der Waals surface area contributed by atoms with Gasteiger partial charge in [-0.15, -0.1) is 0 Å². The first-order valence-corrected chi connectivity index (χ1v) is 7.47. The molecule has 1 aliphatic rings. The molecule has 4 nitrogen and oxygen atoms in total. The van der Waals surface area contributed by atoms with Crippen molar-refractivity contribution in [2.24, 2.45) is 0 Å². The minimum absolute atomic E-state index is 0.585. The Balaban J connectivity index is 1.87. The standard InChI is InChI=1S/C16H26N2O2/c1-13(2)18(3)9-8-17-12-14-6-4-7-15-16(14)20-11-5-10-19-15/h4,6-7,13,17H,5,8-12H2,1-3H3. The van der Waals surface area contributed by atoms with E-state index < -0.39 is 0 Å². The summed E-state index contributed by atoms with van der Waals surface area (Å²) in [6.07, 6.45) is 0.945. The second kappa shape index (κ2) is 7.50. The number of nitrogens with zero attached hydrogens (tertiary/aromatic N) is 1. The number of hydrogen-bond donors (Lipinski definition) is 1. The topological polar surface area (TPSA) is 33.7 Å². The summed E-state index contributed by atoms with van der Waals surface area (Å²) < 4.78 is 11.5. The molecule has 0 unspecified atom stereocenters. The predicted octanol–water partition coefficient (Wildman–Crippen LogP) is 2.28. The number of ether oxygens (including phenoxy) is 2. The van der Waals surface area contributed by atoms with Crippen LogP contribution in [0.5, 0.6) is 11.5 Å². The van der Waals surface area contributed by atoms with E-state index in [4.69, 9.17) is 9.47 Å². The first kappa shape index (κ1) is 15.1. The van der Waals surface area contributed by atoms with Crippen LogP contribution in [0.3, 0.4) is 0 Å². The summed E-state index contributed by atoms with van der Waals surface area (Å²) in [5, 5.41) is 3.48. The Kier molecular flexibility index (Phi) is 5.68. The van der Waals surface area contributed by atoms with E-state index in [9.17, 15) is 0 Å². The van der Waals surface area contributed by atoms with Crippen LogP contribution in [0.1, 0.15) is 25.8 Å². The molecule has 0 bridgehead atoms. The number of rotatable bonds is 6. The molecule has 112 valence electrons. The zero-order chi connectivity index (χ0) is 14.4. The van der Waals surface area contributed by atoms with Gasteiger partial charge in [-0.05, 0) is 27.0 Å². The summed E-state index contributed by atoms with van der Waals surface area (Å²) in [6, 6.07) is 6.70. The maximum Gasteiger partial charge on any atom is 0.165 e. The van der Waals surface area contributed by atoms with E-state index in [2.05, 4.69) is 37.2 Å². The minimum atomic E-state index is 0.585. The van der Waals surface area contributed by atoms with Crippen LogP contribution in [0.15, 0.2) is 18.2 Å². The molecule has 0 fully saturated rings. The normalized spacial score (nSPS) is 14.7. The fraction of sp³-hybridized carbons (Fsp3) is 0.625. The third kappa shape index (κ3) is 4.12. The Morgan fingerprint density at radius 3 is 2.85 bits per heavy atom. The fourth-order valence-electron chi connectivity index (χ4n) is 2.13. The van der Waals surface area contributed by atoms with Gasteiger partial charge >= 0.3 is 0 Å². The third-order valence-corrected chi connectivity index (χ3v) is 3.69.